The van der Waals surface area contributed by atoms with Crippen molar-refractivity contribution < 1.29 is 19.2 Å². The first kappa shape index (κ1) is 16.5. The summed E-state index contributed by atoms with van der Waals surface area (Å²) >= 11 is 11.5. The molecule has 0 saturated carbocycles. The predicted octanol–water partition coefficient (Wildman–Crippen LogP) is 3.48. The highest BCUT2D eigenvalue weighted by Crippen LogP contribution is 2.36. The molecule has 0 N–H and O–H groups in total. The molecule has 0 amide bonds. The molecule has 0 atom stereocenters. The summed E-state index contributed by atoms with van der Waals surface area (Å²) < 4.78 is 9.96. The van der Waals surface area contributed by atoms with Gasteiger partial charge in [0.15, 0.2) is 5.75 Å². The van der Waals surface area contributed by atoms with Crippen molar-refractivity contribution in [2.24, 2.45) is 5.41 Å². The van der Waals surface area contributed by atoms with E-state index in [0.29, 0.717) is 0 Å². The van der Waals surface area contributed by atoms with Crippen LogP contribution in [0, 0.1) is 15.5 Å². The van der Waals surface area contributed by atoms with Gasteiger partial charge in [-0.3, -0.25) is 14.9 Å². The molecule has 0 radical (unpaired) electrons. The van der Waals surface area contributed by atoms with Crippen LogP contribution >= 0.6 is 23.2 Å². The lowest BCUT2D eigenvalue weighted by Gasteiger charge is -2.21. The van der Waals surface area contributed by atoms with Crippen molar-refractivity contribution in [3.63, 3.8) is 0 Å². The molecule has 0 aromatic heterocycles. The largest absolute Gasteiger partial charge is 0.486 e. The predicted molar refractivity (Wildman–Crippen MR) is 74.4 cm³/mol. The van der Waals surface area contributed by atoms with Crippen molar-refractivity contribution in [2.75, 3.05) is 13.7 Å². The van der Waals surface area contributed by atoms with Crippen LogP contribution in [0.1, 0.15) is 13.8 Å². The number of methoxy groups -OCH3 is 1. The number of rotatable bonds is 5. The Bertz CT molecular complexity index is 545. The van der Waals surface area contributed by atoms with Crippen LogP contribution < -0.4 is 4.74 Å². The minimum Gasteiger partial charge on any atom is -0.486 e. The van der Waals surface area contributed by atoms with E-state index in [1.807, 2.05) is 0 Å². The number of nitrogens with zero attached hydrogens (tertiary/aromatic N) is 1. The summed E-state index contributed by atoms with van der Waals surface area (Å²) in [7, 11) is 1.26. The van der Waals surface area contributed by atoms with E-state index in [4.69, 9.17) is 27.9 Å². The molecule has 1 rings (SSSR count). The SMILES string of the molecule is COC(=O)C(C)(C)COc1cc(Cl)c(Cl)cc1[N+](=O)[O-]. The van der Waals surface area contributed by atoms with Crippen LogP contribution in [-0.2, 0) is 9.53 Å². The standard InChI is InChI=1S/C12H13Cl2NO5/c1-12(2,11(16)19-3)6-20-10-5-8(14)7(13)4-9(10)15(17)18/h4-5H,6H2,1-3H3. The molecular formula is C12H13Cl2NO5. The van der Waals surface area contributed by atoms with Gasteiger partial charge < -0.3 is 9.47 Å². The maximum absolute atomic E-state index is 11.5. The van der Waals surface area contributed by atoms with E-state index in [9.17, 15) is 14.9 Å². The third-order valence-electron chi connectivity index (χ3n) is 2.53. The summed E-state index contributed by atoms with van der Waals surface area (Å²) in [4.78, 5) is 21.8. The van der Waals surface area contributed by atoms with E-state index in [0.717, 1.165) is 6.07 Å². The van der Waals surface area contributed by atoms with E-state index in [-0.39, 0.29) is 28.1 Å². The highest BCUT2D eigenvalue weighted by atomic mass is 35.5. The summed E-state index contributed by atoms with van der Waals surface area (Å²) in [6.07, 6.45) is 0. The number of benzene rings is 1. The first-order chi connectivity index (χ1) is 9.19. The molecular weight excluding hydrogens is 309 g/mol. The van der Waals surface area contributed by atoms with Crippen molar-refractivity contribution in [1.82, 2.24) is 0 Å². The van der Waals surface area contributed by atoms with Gasteiger partial charge in [0.2, 0.25) is 0 Å². The molecule has 6 nitrogen and oxygen atoms in total. The summed E-state index contributed by atoms with van der Waals surface area (Å²) in [6, 6.07) is 2.35. The number of hydrogen-bond acceptors (Lipinski definition) is 5. The quantitative estimate of drug-likeness (QED) is 0.471. The Morgan fingerprint density at radius 3 is 2.40 bits per heavy atom. The smallest absolute Gasteiger partial charge is 0.314 e. The van der Waals surface area contributed by atoms with Gasteiger partial charge in [-0.2, -0.15) is 0 Å². The molecule has 8 heteroatoms. The van der Waals surface area contributed by atoms with Gasteiger partial charge in [-0.05, 0) is 13.8 Å². The second-order valence-electron chi connectivity index (χ2n) is 4.66. The first-order valence-electron chi connectivity index (χ1n) is 5.53. The monoisotopic (exact) mass is 321 g/mol. The Morgan fingerprint density at radius 2 is 1.90 bits per heavy atom. The molecule has 0 saturated heterocycles. The maximum Gasteiger partial charge on any atom is 0.314 e. The van der Waals surface area contributed by atoms with Crippen molar-refractivity contribution in [1.29, 1.82) is 0 Å². The fourth-order valence-corrected chi connectivity index (χ4v) is 1.68. The Morgan fingerprint density at radius 1 is 1.35 bits per heavy atom. The van der Waals surface area contributed by atoms with E-state index >= 15 is 0 Å². The molecule has 0 fully saturated rings. The normalized spacial score (nSPS) is 11.1. The van der Waals surface area contributed by atoms with E-state index in [1.54, 1.807) is 13.8 Å². The van der Waals surface area contributed by atoms with Crippen molar-refractivity contribution in [3.8, 4) is 5.75 Å². The van der Waals surface area contributed by atoms with Crippen molar-refractivity contribution in [2.45, 2.75) is 13.8 Å². The van der Waals surface area contributed by atoms with Gasteiger partial charge >= 0.3 is 11.7 Å². The Balaban J connectivity index is 3.01. The number of carbonyl (C=O) groups excluding carboxylic acids is 1. The average molecular weight is 322 g/mol. The van der Waals surface area contributed by atoms with Gasteiger partial charge in [0.05, 0.1) is 27.5 Å². The van der Waals surface area contributed by atoms with Gasteiger partial charge in [-0.25, -0.2) is 0 Å². The number of esters is 1. The van der Waals surface area contributed by atoms with Gasteiger partial charge in [0.25, 0.3) is 0 Å². The van der Waals surface area contributed by atoms with Crippen LogP contribution in [0.4, 0.5) is 5.69 Å². The lowest BCUT2D eigenvalue weighted by Crippen LogP contribution is -2.32. The number of nitro benzene ring substituents is 1. The van der Waals surface area contributed by atoms with Gasteiger partial charge in [-0.15, -0.1) is 0 Å². The molecule has 110 valence electrons. The van der Waals surface area contributed by atoms with Crippen LogP contribution in [0.2, 0.25) is 10.0 Å². The zero-order valence-corrected chi connectivity index (χ0v) is 12.6. The van der Waals surface area contributed by atoms with Crippen LogP contribution in [0.25, 0.3) is 0 Å². The van der Waals surface area contributed by atoms with Crippen molar-refractivity contribution >= 4 is 34.9 Å². The van der Waals surface area contributed by atoms with Gasteiger partial charge in [0, 0.05) is 12.1 Å². The highest BCUT2D eigenvalue weighted by Gasteiger charge is 2.31. The van der Waals surface area contributed by atoms with Gasteiger partial charge in [0.1, 0.15) is 6.61 Å². The Hall–Kier alpha value is -1.53. The van der Waals surface area contributed by atoms with Crippen LogP contribution in [0.15, 0.2) is 12.1 Å². The lowest BCUT2D eigenvalue weighted by molar-refractivity contribution is -0.385. The van der Waals surface area contributed by atoms with E-state index < -0.39 is 16.3 Å². The van der Waals surface area contributed by atoms with Gasteiger partial charge in [-0.1, -0.05) is 23.2 Å². The van der Waals surface area contributed by atoms with Crippen LogP contribution in [0.5, 0.6) is 5.75 Å². The zero-order chi connectivity index (χ0) is 15.5. The van der Waals surface area contributed by atoms with E-state index in [1.165, 1.54) is 13.2 Å². The molecule has 20 heavy (non-hydrogen) atoms. The molecule has 0 bridgehead atoms. The Kier molecular flexibility index (Phi) is 5.19. The molecule has 0 spiro atoms. The molecule has 0 unspecified atom stereocenters. The third kappa shape index (κ3) is 3.74. The number of hydrogen-bond donors (Lipinski definition) is 0. The average Bonchev–Trinajstić information content (AvgIpc) is 2.38. The van der Waals surface area contributed by atoms with Crippen molar-refractivity contribution in [3.05, 3.63) is 32.3 Å². The molecule has 0 aliphatic rings. The second-order valence-corrected chi connectivity index (χ2v) is 5.47. The third-order valence-corrected chi connectivity index (χ3v) is 3.25. The second kappa shape index (κ2) is 6.28. The fourth-order valence-electron chi connectivity index (χ4n) is 1.37. The first-order valence-corrected chi connectivity index (χ1v) is 6.29. The highest BCUT2D eigenvalue weighted by molar-refractivity contribution is 6.42. The molecule has 0 aliphatic carbocycles. The number of halogens is 2. The summed E-state index contributed by atoms with van der Waals surface area (Å²) in [5, 5.41) is 11.1. The molecule has 1 aromatic rings. The summed E-state index contributed by atoms with van der Waals surface area (Å²) in [5.41, 5.74) is -1.27. The molecule has 0 heterocycles. The van der Waals surface area contributed by atoms with Crippen LogP contribution in [-0.4, -0.2) is 24.6 Å². The minimum absolute atomic E-state index is 0.0537. The number of carbonyl (C=O) groups is 1. The number of nitro groups is 1. The molecule has 0 aliphatic heterocycles. The van der Waals surface area contributed by atoms with Crippen LogP contribution in [0.3, 0.4) is 0 Å². The van der Waals surface area contributed by atoms with E-state index in [2.05, 4.69) is 4.74 Å². The Labute approximate surface area is 125 Å². The lowest BCUT2D eigenvalue weighted by atomic mass is 9.95. The minimum atomic E-state index is -0.950. The summed E-state index contributed by atoms with van der Waals surface area (Å²) in [6.45, 7) is 3.10. The zero-order valence-electron chi connectivity index (χ0n) is 11.1. The topological polar surface area (TPSA) is 78.7 Å². The number of ether oxygens (including phenoxy) is 2. The fraction of sp³-hybridized carbons (Fsp3) is 0.417. The maximum atomic E-state index is 11.5. The molecule has 1 aromatic carbocycles. The summed E-state index contributed by atoms with van der Waals surface area (Å²) in [5.74, 6) is -0.540.